The number of nitrogens with one attached hydrogen (secondary N) is 2. The SMILES string of the molecule is Cc1nc(NCCCN(C)C)cc(C(=O)Nc2ccc(F)cc2)n1. The third kappa shape index (κ3) is 5.58. The van der Waals surface area contributed by atoms with Gasteiger partial charge in [0.15, 0.2) is 0 Å². The second-order valence-corrected chi connectivity index (χ2v) is 5.73. The van der Waals surface area contributed by atoms with Crippen LogP contribution < -0.4 is 10.6 Å². The van der Waals surface area contributed by atoms with Crippen LogP contribution in [0, 0.1) is 12.7 Å². The summed E-state index contributed by atoms with van der Waals surface area (Å²) in [6, 6.07) is 7.20. The maximum Gasteiger partial charge on any atom is 0.274 e. The van der Waals surface area contributed by atoms with E-state index >= 15 is 0 Å². The molecule has 0 aliphatic rings. The summed E-state index contributed by atoms with van der Waals surface area (Å²) in [4.78, 5) is 22.8. The van der Waals surface area contributed by atoms with Crippen molar-refractivity contribution in [3.8, 4) is 0 Å². The normalized spacial score (nSPS) is 10.7. The van der Waals surface area contributed by atoms with E-state index in [4.69, 9.17) is 0 Å². The second kappa shape index (κ2) is 8.35. The van der Waals surface area contributed by atoms with Crippen molar-refractivity contribution in [2.75, 3.05) is 37.8 Å². The maximum atomic E-state index is 12.9. The predicted octanol–water partition coefficient (Wildman–Crippen LogP) is 2.54. The Hall–Kier alpha value is -2.54. The molecule has 0 spiro atoms. The standard InChI is InChI=1S/C17H22FN5O/c1-12-20-15(11-16(21-12)19-9-4-10-23(2)3)17(24)22-14-7-5-13(18)6-8-14/h5-8,11H,4,9-10H2,1-3H3,(H,22,24)(H,19,20,21). The summed E-state index contributed by atoms with van der Waals surface area (Å²) in [5.41, 5.74) is 0.778. The molecule has 7 heteroatoms. The number of anilines is 2. The van der Waals surface area contributed by atoms with Gasteiger partial charge in [-0.15, -0.1) is 0 Å². The van der Waals surface area contributed by atoms with Crippen molar-refractivity contribution in [2.45, 2.75) is 13.3 Å². The molecule has 0 aliphatic carbocycles. The van der Waals surface area contributed by atoms with E-state index in [1.165, 1.54) is 24.3 Å². The van der Waals surface area contributed by atoms with Gasteiger partial charge in [-0.25, -0.2) is 14.4 Å². The van der Waals surface area contributed by atoms with Gasteiger partial charge in [0.1, 0.15) is 23.2 Å². The summed E-state index contributed by atoms with van der Waals surface area (Å²) in [6.07, 6.45) is 0.965. The van der Waals surface area contributed by atoms with Gasteiger partial charge in [0.25, 0.3) is 5.91 Å². The average Bonchev–Trinajstić information content (AvgIpc) is 2.53. The number of aryl methyl sites for hydroxylation is 1. The molecule has 24 heavy (non-hydrogen) atoms. The van der Waals surface area contributed by atoms with E-state index < -0.39 is 0 Å². The molecular weight excluding hydrogens is 309 g/mol. The molecule has 1 aromatic carbocycles. The summed E-state index contributed by atoms with van der Waals surface area (Å²) in [6.45, 7) is 3.46. The third-order valence-corrected chi connectivity index (χ3v) is 3.26. The Labute approximate surface area is 141 Å². The maximum absolute atomic E-state index is 12.9. The molecule has 1 heterocycles. The smallest absolute Gasteiger partial charge is 0.274 e. The molecule has 0 aliphatic heterocycles. The van der Waals surface area contributed by atoms with Crippen molar-refractivity contribution >= 4 is 17.4 Å². The van der Waals surface area contributed by atoms with Crippen LogP contribution in [0.15, 0.2) is 30.3 Å². The summed E-state index contributed by atoms with van der Waals surface area (Å²) >= 11 is 0. The fourth-order valence-corrected chi connectivity index (χ4v) is 2.11. The van der Waals surface area contributed by atoms with Crippen molar-refractivity contribution < 1.29 is 9.18 Å². The summed E-state index contributed by atoms with van der Waals surface area (Å²) in [5.74, 6) is 0.418. The van der Waals surface area contributed by atoms with Crippen LogP contribution in [-0.2, 0) is 0 Å². The van der Waals surface area contributed by atoms with Crippen LogP contribution in [0.4, 0.5) is 15.9 Å². The number of rotatable bonds is 7. The highest BCUT2D eigenvalue weighted by molar-refractivity contribution is 6.03. The minimum atomic E-state index is -0.358. The van der Waals surface area contributed by atoms with E-state index in [-0.39, 0.29) is 17.4 Å². The lowest BCUT2D eigenvalue weighted by atomic mass is 10.3. The van der Waals surface area contributed by atoms with Crippen LogP contribution >= 0.6 is 0 Å². The van der Waals surface area contributed by atoms with Crippen LogP contribution in [0.25, 0.3) is 0 Å². The largest absolute Gasteiger partial charge is 0.370 e. The zero-order chi connectivity index (χ0) is 17.5. The summed E-state index contributed by atoms with van der Waals surface area (Å²) < 4.78 is 12.9. The Balaban J connectivity index is 2.01. The number of amides is 1. The molecule has 0 saturated heterocycles. The van der Waals surface area contributed by atoms with Gasteiger partial charge in [-0.2, -0.15) is 0 Å². The summed E-state index contributed by atoms with van der Waals surface area (Å²) in [7, 11) is 4.04. The summed E-state index contributed by atoms with van der Waals surface area (Å²) in [5, 5.41) is 5.89. The lowest BCUT2D eigenvalue weighted by Crippen LogP contribution is -2.18. The number of halogens is 1. The van der Waals surface area contributed by atoms with Crippen molar-refractivity contribution in [1.82, 2.24) is 14.9 Å². The van der Waals surface area contributed by atoms with Crippen molar-refractivity contribution in [2.24, 2.45) is 0 Å². The highest BCUT2D eigenvalue weighted by Crippen LogP contribution is 2.12. The predicted molar refractivity (Wildman–Crippen MR) is 92.8 cm³/mol. The van der Waals surface area contributed by atoms with Gasteiger partial charge in [-0.3, -0.25) is 4.79 Å². The second-order valence-electron chi connectivity index (χ2n) is 5.73. The Morgan fingerprint density at radius 2 is 1.92 bits per heavy atom. The van der Waals surface area contributed by atoms with E-state index in [9.17, 15) is 9.18 Å². The van der Waals surface area contributed by atoms with Crippen molar-refractivity contribution in [3.63, 3.8) is 0 Å². The molecule has 2 rings (SSSR count). The Morgan fingerprint density at radius 1 is 1.21 bits per heavy atom. The fourth-order valence-electron chi connectivity index (χ4n) is 2.11. The Bertz CT molecular complexity index is 688. The third-order valence-electron chi connectivity index (χ3n) is 3.26. The van der Waals surface area contributed by atoms with Gasteiger partial charge >= 0.3 is 0 Å². The Morgan fingerprint density at radius 3 is 2.58 bits per heavy atom. The lowest BCUT2D eigenvalue weighted by Gasteiger charge is -2.11. The minimum Gasteiger partial charge on any atom is -0.370 e. The number of carbonyl (C=O) groups is 1. The molecular formula is C17H22FN5O. The molecule has 6 nitrogen and oxygen atoms in total. The first kappa shape index (κ1) is 17.8. The molecule has 1 aromatic heterocycles. The van der Waals surface area contributed by atoms with Gasteiger partial charge in [-0.05, 0) is 58.3 Å². The zero-order valence-electron chi connectivity index (χ0n) is 14.1. The number of hydrogen-bond acceptors (Lipinski definition) is 5. The molecule has 0 fully saturated rings. The number of nitrogens with zero attached hydrogens (tertiary/aromatic N) is 3. The van der Waals surface area contributed by atoms with Gasteiger partial charge < -0.3 is 15.5 Å². The molecule has 0 saturated carbocycles. The number of carbonyl (C=O) groups excluding carboxylic acids is 1. The fraction of sp³-hybridized carbons (Fsp3) is 0.353. The Kier molecular flexibility index (Phi) is 6.20. The van der Waals surface area contributed by atoms with E-state index in [0.717, 1.165) is 19.5 Å². The molecule has 2 N–H and O–H groups in total. The first-order chi connectivity index (χ1) is 11.4. The van der Waals surface area contributed by atoms with Crippen LogP contribution in [0.1, 0.15) is 22.7 Å². The topological polar surface area (TPSA) is 70.2 Å². The van der Waals surface area contributed by atoms with Crippen LogP contribution in [0.2, 0.25) is 0 Å². The molecule has 0 radical (unpaired) electrons. The van der Waals surface area contributed by atoms with Crippen molar-refractivity contribution in [1.29, 1.82) is 0 Å². The minimum absolute atomic E-state index is 0.266. The zero-order valence-corrected chi connectivity index (χ0v) is 14.1. The first-order valence-corrected chi connectivity index (χ1v) is 7.75. The van der Waals surface area contributed by atoms with Gasteiger partial charge in [0.05, 0.1) is 0 Å². The van der Waals surface area contributed by atoms with Crippen LogP contribution in [0.5, 0.6) is 0 Å². The molecule has 2 aromatic rings. The average molecular weight is 331 g/mol. The number of hydrogen-bond donors (Lipinski definition) is 2. The monoisotopic (exact) mass is 331 g/mol. The molecule has 1 amide bonds. The van der Waals surface area contributed by atoms with Gasteiger partial charge in [0.2, 0.25) is 0 Å². The highest BCUT2D eigenvalue weighted by Gasteiger charge is 2.11. The van der Waals surface area contributed by atoms with E-state index in [1.807, 2.05) is 14.1 Å². The molecule has 0 unspecified atom stereocenters. The van der Waals surface area contributed by atoms with Crippen LogP contribution in [0.3, 0.4) is 0 Å². The molecule has 0 atom stereocenters. The number of aromatic nitrogens is 2. The van der Waals surface area contributed by atoms with Gasteiger partial charge in [0, 0.05) is 18.3 Å². The first-order valence-electron chi connectivity index (χ1n) is 7.75. The lowest BCUT2D eigenvalue weighted by molar-refractivity contribution is 0.102. The van der Waals surface area contributed by atoms with Gasteiger partial charge in [-0.1, -0.05) is 0 Å². The van der Waals surface area contributed by atoms with E-state index in [1.54, 1.807) is 13.0 Å². The quantitative estimate of drug-likeness (QED) is 0.763. The van der Waals surface area contributed by atoms with Crippen molar-refractivity contribution in [3.05, 3.63) is 47.7 Å². The van der Waals surface area contributed by atoms with E-state index in [0.29, 0.717) is 17.3 Å². The molecule has 0 bridgehead atoms. The molecule has 128 valence electrons. The van der Waals surface area contributed by atoms with Crippen LogP contribution in [-0.4, -0.2) is 48.0 Å². The highest BCUT2D eigenvalue weighted by atomic mass is 19.1. The van der Waals surface area contributed by atoms with E-state index in [2.05, 4.69) is 25.5 Å². The number of benzene rings is 1.